The van der Waals surface area contributed by atoms with Gasteiger partial charge in [-0.2, -0.15) is 4.72 Å². The zero-order valence-corrected chi connectivity index (χ0v) is 16.4. The summed E-state index contributed by atoms with van der Waals surface area (Å²) >= 11 is 1.12. The highest BCUT2D eigenvalue weighted by molar-refractivity contribution is 7.91. The molecule has 136 valence electrons. The van der Waals surface area contributed by atoms with E-state index >= 15 is 0 Å². The van der Waals surface area contributed by atoms with Crippen molar-refractivity contribution in [2.45, 2.75) is 43.9 Å². The smallest absolute Gasteiger partial charge is 0.250 e. The lowest BCUT2D eigenvalue weighted by Crippen LogP contribution is -2.46. The van der Waals surface area contributed by atoms with Crippen molar-refractivity contribution < 1.29 is 13.2 Å². The predicted molar refractivity (Wildman–Crippen MR) is 102 cm³/mol. The Kier molecular flexibility index (Phi) is 6.37. The number of carbonyl (C=O) groups is 1. The fourth-order valence-corrected chi connectivity index (χ4v) is 4.68. The first kappa shape index (κ1) is 19.6. The van der Waals surface area contributed by atoms with Crippen LogP contribution >= 0.6 is 11.3 Å². The molecule has 0 spiro atoms. The van der Waals surface area contributed by atoms with E-state index in [1.165, 1.54) is 6.07 Å². The minimum atomic E-state index is -3.71. The number of rotatable bonds is 7. The fourth-order valence-electron chi connectivity index (χ4n) is 2.33. The van der Waals surface area contributed by atoms with Gasteiger partial charge in [0.15, 0.2) is 0 Å². The number of anilines is 1. The summed E-state index contributed by atoms with van der Waals surface area (Å²) in [5.74, 6) is -0.214. The highest BCUT2D eigenvalue weighted by Crippen LogP contribution is 2.20. The van der Waals surface area contributed by atoms with Gasteiger partial charge >= 0.3 is 0 Å². The third-order valence-electron chi connectivity index (χ3n) is 3.81. The van der Waals surface area contributed by atoms with Crippen LogP contribution < -0.4 is 10.0 Å². The summed E-state index contributed by atoms with van der Waals surface area (Å²) in [6.07, 6.45) is 0. The lowest BCUT2D eigenvalue weighted by atomic mass is 10.0. The topological polar surface area (TPSA) is 75.3 Å². The van der Waals surface area contributed by atoms with E-state index in [9.17, 15) is 13.2 Å². The average molecular weight is 381 g/mol. The Morgan fingerprint density at radius 1 is 1.08 bits per heavy atom. The first-order valence-electron chi connectivity index (χ1n) is 8.17. The van der Waals surface area contributed by atoms with Crippen LogP contribution in [0.3, 0.4) is 0 Å². The van der Waals surface area contributed by atoms with Crippen molar-refractivity contribution in [2.24, 2.45) is 5.92 Å². The van der Waals surface area contributed by atoms with Gasteiger partial charge in [-0.1, -0.05) is 45.9 Å². The molecule has 0 saturated heterocycles. The molecule has 0 aliphatic carbocycles. The Morgan fingerprint density at radius 3 is 2.36 bits per heavy atom. The van der Waals surface area contributed by atoms with E-state index in [1.807, 2.05) is 32.0 Å². The van der Waals surface area contributed by atoms with E-state index < -0.39 is 16.1 Å². The summed E-state index contributed by atoms with van der Waals surface area (Å²) in [7, 11) is -3.71. The first-order chi connectivity index (χ1) is 11.7. The second kappa shape index (κ2) is 8.12. The van der Waals surface area contributed by atoms with Crippen LogP contribution in [0, 0.1) is 5.92 Å². The van der Waals surface area contributed by atoms with E-state index in [-0.39, 0.29) is 16.0 Å². The van der Waals surface area contributed by atoms with Crippen LogP contribution in [-0.2, 0) is 14.8 Å². The van der Waals surface area contributed by atoms with Gasteiger partial charge in [0.2, 0.25) is 5.91 Å². The number of carbonyl (C=O) groups excluding carboxylic acids is 1. The summed E-state index contributed by atoms with van der Waals surface area (Å²) in [5.41, 5.74) is 1.77. The number of benzene rings is 1. The second-order valence-electron chi connectivity index (χ2n) is 6.54. The van der Waals surface area contributed by atoms with Crippen molar-refractivity contribution in [3.63, 3.8) is 0 Å². The molecule has 25 heavy (non-hydrogen) atoms. The van der Waals surface area contributed by atoms with Crippen molar-refractivity contribution in [3.8, 4) is 0 Å². The van der Waals surface area contributed by atoms with Gasteiger partial charge in [0, 0.05) is 5.69 Å². The van der Waals surface area contributed by atoms with Gasteiger partial charge in [0.1, 0.15) is 10.3 Å². The third-order valence-corrected chi connectivity index (χ3v) is 6.65. The molecule has 2 N–H and O–H groups in total. The molecular formula is C18H24N2O3S2. The molecule has 0 fully saturated rings. The summed E-state index contributed by atoms with van der Waals surface area (Å²) in [6.45, 7) is 7.78. The van der Waals surface area contributed by atoms with Gasteiger partial charge in [-0.3, -0.25) is 4.79 Å². The maximum Gasteiger partial charge on any atom is 0.250 e. The fraction of sp³-hybridized carbons (Fsp3) is 0.389. The number of hydrogen-bond donors (Lipinski definition) is 2. The molecule has 2 aromatic rings. The van der Waals surface area contributed by atoms with Crippen molar-refractivity contribution in [2.75, 3.05) is 5.32 Å². The van der Waals surface area contributed by atoms with Crippen molar-refractivity contribution in [3.05, 3.63) is 47.3 Å². The predicted octanol–water partition coefficient (Wildman–Crippen LogP) is 3.81. The molecule has 1 aromatic heterocycles. The monoisotopic (exact) mass is 380 g/mol. The van der Waals surface area contributed by atoms with Crippen LogP contribution in [0.5, 0.6) is 0 Å². The number of nitrogens with one attached hydrogen (secondary N) is 2. The number of thiophene rings is 1. The third kappa shape index (κ3) is 5.14. The first-order valence-corrected chi connectivity index (χ1v) is 10.5. The number of amides is 1. The van der Waals surface area contributed by atoms with Crippen LogP contribution in [-0.4, -0.2) is 20.4 Å². The molecule has 0 radical (unpaired) electrons. The van der Waals surface area contributed by atoms with Crippen molar-refractivity contribution >= 4 is 33.0 Å². The Balaban J connectivity index is 2.17. The molecule has 0 aliphatic rings. The van der Waals surface area contributed by atoms with Gasteiger partial charge < -0.3 is 5.32 Å². The van der Waals surface area contributed by atoms with E-state index in [1.54, 1.807) is 17.5 Å². The lowest BCUT2D eigenvalue weighted by molar-refractivity contribution is -0.118. The Bertz CT molecular complexity index is 813. The number of hydrogen-bond acceptors (Lipinski definition) is 4. The molecule has 1 atom stereocenters. The minimum absolute atomic E-state index is 0.192. The van der Waals surface area contributed by atoms with E-state index in [4.69, 9.17) is 0 Å². The van der Waals surface area contributed by atoms with Crippen LogP contribution in [0.1, 0.15) is 39.2 Å². The second-order valence-corrected chi connectivity index (χ2v) is 9.43. The largest absolute Gasteiger partial charge is 0.325 e. The zero-order chi connectivity index (χ0) is 18.6. The van der Waals surface area contributed by atoms with Gasteiger partial charge in [-0.25, -0.2) is 8.42 Å². The molecule has 0 saturated carbocycles. The highest BCUT2D eigenvalue weighted by atomic mass is 32.2. The van der Waals surface area contributed by atoms with Gasteiger partial charge in [-0.15, -0.1) is 11.3 Å². The van der Waals surface area contributed by atoms with Crippen LogP contribution in [0.15, 0.2) is 46.0 Å². The minimum Gasteiger partial charge on any atom is -0.325 e. The van der Waals surface area contributed by atoms with E-state index in [0.717, 1.165) is 16.9 Å². The van der Waals surface area contributed by atoms with Crippen molar-refractivity contribution in [1.82, 2.24) is 4.72 Å². The SMILES string of the molecule is CC(C)c1cccc(NC(=O)[C@@H](NS(=O)(=O)c2cccs2)C(C)C)c1. The molecule has 7 heteroatoms. The highest BCUT2D eigenvalue weighted by Gasteiger charge is 2.29. The summed E-state index contributed by atoms with van der Waals surface area (Å²) in [6, 6.07) is 9.93. The molecule has 5 nitrogen and oxygen atoms in total. The zero-order valence-electron chi connectivity index (χ0n) is 14.8. The molecule has 0 aliphatic heterocycles. The van der Waals surface area contributed by atoms with Gasteiger partial charge in [0.05, 0.1) is 0 Å². The van der Waals surface area contributed by atoms with Crippen LogP contribution in [0.25, 0.3) is 0 Å². The molecular weight excluding hydrogens is 356 g/mol. The number of sulfonamides is 1. The average Bonchev–Trinajstić information content (AvgIpc) is 3.08. The molecule has 1 heterocycles. The van der Waals surface area contributed by atoms with Crippen molar-refractivity contribution in [1.29, 1.82) is 0 Å². The van der Waals surface area contributed by atoms with E-state index in [2.05, 4.69) is 23.9 Å². The Morgan fingerprint density at radius 2 is 1.80 bits per heavy atom. The maximum atomic E-state index is 12.6. The molecule has 0 bridgehead atoms. The quantitative estimate of drug-likeness (QED) is 0.767. The van der Waals surface area contributed by atoms with Gasteiger partial charge in [-0.05, 0) is 41.0 Å². The standard InChI is InChI=1S/C18H24N2O3S2/c1-12(2)14-7-5-8-15(11-14)19-18(21)17(13(3)4)20-25(22,23)16-9-6-10-24-16/h5-13,17,20H,1-4H3,(H,19,21)/t17-/m0/s1. The summed E-state index contributed by atoms with van der Waals surface area (Å²) < 4.78 is 27.6. The Hall–Kier alpha value is -1.70. The summed E-state index contributed by atoms with van der Waals surface area (Å²) in [4.78, 5) is 12.6. The van der Waals surface area contributed by atoms with E-state index in [0.29, 0.717) is 11.6 Å². The molecule has 1 aromatic carbocycles. The molecule has 2 rings (SSSR count). The molecule has 0 unspecified atom stereocenters. The van der Waals surface area contributed by atoms with Gasteiger partial charge in [0.25, 0.3) is 10.0 Å². The Labute approximate surface area is 153 Å². The maximum absolute atomic E-state index is 12.6. The molecule has 1 amide bonds. The van der Waals surface area contributed by atoms with Crippen LogP contribution in [0.2, 0.25) is 0 Å². The van der Waals surface area contributed by atoms with Crippen LogP contribution in [0.4, 0.5) is 5.69 Å². The lowest BCUT2D eigenvalue weighted by Gasteiger charge is -2.21. The summed E-state index contributed by atoms with van der Waals surface area (Å²) in [5, 5.41) is 4.51. The normalized spacial score (nSPS) is 13.2.